The maximum Gasteiger partial charge on any atom is 0.0350 e. The molecule has 2 aliphatic carbocycles. The summed E-state index contributed by atoms with van der Waals surface area (Å²) in [6.07, 6.45) is 11.5. The van der Waals surface area contributed by atoms with E-state index in [2.05, 4.69) is 19.2 Å². The fourth-order valence-electron chi connectivity index (χ4n) is 4.03. The number of nitrogens with one attached hydrogen (secondary N) is 1. The molecule has 2 rings (SSSR count). The van der Waals surface area contributed by atoms with E-state index in [4.69, 9.17) is 0 Å². The third-order valence-electron chi connectivity index (χ3n) is 5.27. The van der Waals surface area contributed by atoms with E-state index in [1.54, 1.807) is 0 Å². The molecule has 2 aliphatic rings. The molecule has 20 heavy (non-hydrogen) atoms. The first-order valence-electron chi connectivity index (χ1n) is 8.81. The molecule has 118 valence electrons. The molecule has 5 unspecified atom stereocenters. The SMILES string of the molecule is CCCNC1CCCC1CCS(=O)C1CCCC(C)C1. The molecule has 2 saturated carbocycles. The summed E-state index contributed by atoms with van der Waals surface area (Å²) < 4.78 is 12.5. The van der Waals surface area contributed by atoms with Crippen LogP contribution in [0.25, 0.3) is 0 Å². The standard InChI is InChI=1S/C17H33NOS/c1-3-11-18-17-9-5-7-15(17)10-12-20(19)16-8-4-6-14(2)13-16/h14-18H,3-13H2,1-2H3. The van der Waals surface area contributed by atoms with Crippen LogP contribution in [0.1, 0.15) is 71.6 Å². The average molecular weight is 300 g/mol. The molecule has 0 saturated heterocycles. The van der Waals surface area contributed by atoms with Crippen LogP contribution in [-0.4, -0.2) is 27.8 Å². The molecule has 0 spiro atoms. The fourth-order valence-corrected chi connectivity index (χ4v) is 5.87. The lowest BCUT2D eigenvalue weighted by molar-refractivity contribution is 0.382. The highest BCUT2D eigenvalue weighted by Gasteiger charge is 2.29. The lowest BCUT2D eigenvalue weighted by Crippen LogP contribution is -2.34. The maximum atomic E-state index is 12.5. The summed E-state index contributed by atoms with van der Waals surface area (Å²) in [5.74, 6) is 2.53. The normalized spacial score (nSPS) is 36.1. The summed E-state index contributed by atoms with van der Waals surface area (Å²) in [5.41, 5.74) is 0. The highest BCUT2D eigenvalue weighted by Crippen LogP contribution is 2.31. The van der Waals surface area contributed by atoms with Crippen LogP contribution in [0.3, 0.4) is 0 Å². The van der Waals surface area contributed by atoms with Crippen LogP contribution in [0, 0.1) is 11.8 Å². The van der Waals surface area contributed by atoms with Crippen LogP contribution >= 0.6 is 0 Å². The highest BCUT2D eigenvalue weighted by atomic mass is 32.2. The molecular weight excluding hydrogens is 266 g/mol. The second kappa shape index (κ2) is 8.53. The molecule has 0 aromatic carbocycles. The number of rotatable bonds is 7. The summed E-state index contributed by atoms with van der Waals surface area (Å²) in [5, 5.41) is 4.19. The molecule has 0 amide bonds. The average Bonchev–Trinajstić information content (AvgIpc) is 2.90. The van der Waals surface area contributed by atoms with Crippen molar-refractivity contribution < 1.29 is 4.21 Å². The lowest BCUT2D eigenvalue weighted by atomic mass is 9.91. The van der Waals surface area contributed by atoms with E-state index in [0.29, 0.717) is 11.3 Å². The number of hydrogen-bond acceptors (Lipinski definition) is 2. The van der Waals surface area contributed by atoms with E-state index in [1.807, 2.05) is 0 Å². The van der Waals surface area contributed by atoms with Crippen LogP contribution in [0.5, 0.6) is 0 Å². The van der Waals surface area contributed by atoms with Crippen molar-refractivity contribution in [3.8, 4) is 0 Å². The van der Waals surface area contributed by atoms with E-state index < -0.39 is 10.8 Å². The monoisotopic (exact) mass is 299 g/mol. The molecule has 5 atom stereocenters. The third kappa shape index (κ3) is 4.84. The zero-order chi connectivity index (χ0) is 14.4. The van der Waals surface area contributed by atoms with Crippen LogP contribution < -0.4 is 5.32 Å². The Morgan fingerprint density at radius 3 is 2.70 bits per heavy atom. The molecule has 2 fully saturated rings. The van der Waals surface area contributed by atoms with Gasteiger partial charge in [0.2, 0.25) is 0 Å². The zero-order valence-corrected chi connectivity index (χ0v) is 14.2. The first-order valence-corrected chi connectivity index (χ1v) is 10.2. The second-order valence-electron chi connectivity index (χ2n) is 7.02. The number of hydrogen-bond donors (Lipinski definition) is 1. The lowest BCUT2D eigenvalue weighted by Gasteiger charge is -2.27. The minimum absolute atomic E-state index is 0.502. The van der Waals surface area contributed by atoms with Crippen molar-refractivity contribution >= 4 is 10.8 Å². The first kappa shape index (κ1) is 16.5. The van der Waals surface area contributed by atoms with Crippen molar-refractivity contribution in [2.75, 3.05) is 12.3 Å². The molecule has 0 heterocycles. The van der Waals surface area contributed by atoms with Gasteiger partial charge in [0, 0.05) is 27.8 Å². The molecule has 0 radical (unpaired) electrons. The maximum absolute atomic E-state index is 12.5. The minimum Gasteiger partial charge on any atom is -0.314 e. The van der Waals surface area contributed by atoms with Gasteiger partial charge >= 0.3 is 0 Å². The zero-order valence-electron chi connectivity index (χ0n) is 13.4. The van der Waals surface area contributed by atoms with Gasteiger partial charge < -0.3 is 5.32 Å². The van der Waals surface area contributed by atoms with Gasteiger partial charge in [0.25, 0.3) is 0 Å². The molecule has 0 aromatic heterocycles. The van der Waals surface area contributed by atoms with Gasteiger partial charge in [-0.2, -0.15) is 0 Å². The largest absolute Gasteiger partial charge is 0.314 e. The Morgan fingerprint density at radius 2 is 1.95 bits per heavy atom. The summed E-state index contributed by atoms with van der Waals surface area (Å²) in [7, 11) is -0.572. The Labute approximate surface area is 127 Å². The second-order valence-corrected chi connectivity index (χ2v) is 8.86. The van der Waals surface area contributed by atoms with Crippen LogP contribution in [0.4, 0.5) is 0 Å². The van der Waals surface area contributed by atoms with Crippen LogP contribution in [0.2, 0.25) is 0 Å². The molecule has 3 heteroatoms. The molecule has 0 bridgehead atoms. The summed E-state index contributed by atoms with van der Waals surface area (Å²) in [6.45, 7) is 5.70. The molecule has 0 aromatic rings. The predicted octanol–water partition coefficient (Wildman–Crippen LogP) is 3.87. The first-order chi connectivity index (χ1) is 9.70. The molecule has 2 nitrogen and oxygen atoms in total. The quantitative estimate of drug-likeness (QED) is 0.773. The van der Waals surface area contributed by atoms with Crippen molar-refractivity contribution in [2.24, 2.45) is 11.8 Å². The Bertz CT molecular complexity index is 307. The Hall–Kier alpha value is 0.110. The van der Waals surface area contributed by atoms with Gasteiger partial charge in [0.05, 0.1) is 0 Å². The Balaban J connectivity index is 1.72. The third-order valence-corrected chi connectivity index (χ3v) is 7.08. The predicted molar refractivity (Wildman–Crippen MR) is 88.5 cm³/mol. The highest BCUT2D eigenvalue weighted by molar-refractivity contribution is 7.85. The van der Waals surface area contributed by atoms with Crippen LogP contribution in [0.15, 0.2) is 0 Å². The summed E-state index contributed by atoms with van der Waals surface area (Å²) >= 11 is 0. The van der Waals surface area contributed by atoms with E-state index in [1.165, 1.54) is 57.8 Å². The summed E-state index contributed by atoms with van der Waals surface area (Å²) in [6, 6.07) is 0.706. The van der Waals surface area contributed by atoms with E-state index in [-0.39, 0.29) is 0 Å². The van der Waals surface area contributed by atoms with Crippen molar-refractivity contribution in [2.45, 2.75) is 82.9 Å². The van der Waals surface area contributed by atoms with E-state index in [9.17, 15) is 4.21 Å². The molecular formula is C17H33NOS. The van der Waals surface area contributed by atoms with Gasteiger partial charge in [0.1, 0.15) is 0 Å². The van der Waals surface area contributed by atoms with E-state index >= 15 is 0 Å². The van der Waals surface area contributed by atoms with Gasteiger partial charge in [-0.15, -0.1) is 0 Å². The fraction of sp³-hybridized carbons (Fsp3) is 1.00. The van der Waals surface area contributed by atoms with Crippen molar-refractivity contribution in [1.29, 1.82) is 0 Å². The Kier molecular flexibility index (Phi) is 7.03. The van der Waals surface area contributed by atoms with Gasteiger partial charge in [-0.3, -0.25) is 4.21 Å². The van der Waals surface area contributed by atoms with Crippen LogP contribution in [-0.2, 0) is 10.8 Å². The smallest absolute Gasteiger partial charge is 0.0350 e. The van der Waals surface area contributed by atoms with Gasteiger partial charge in [-0.1, -0.05) is 33.1 Å². The van der Waals surface area contributed by atoms with Crippen molar-refractivity contribution in [3.05, 3.63) is 0 Å². The van der Waals surface area contributed by atoms with Gasteiger partial charge in [-0.05, 0) is 56.9 Å². The Morgan fingerprint density at radius 1 is 1.15 bits per heavy atom. The molecule has 1 N–H and O–H groups in total. The van der Waals surface area contributed by atoms with Crippen molar-refractivity contribution in [1.82, 2.24) is 5.32 Å². The topological polar surface area (TPSA) is 29.1 Å². The van der Waals surface area contributed by atoms with Gasteiger partial charge in [0.15, 0.2) is 0 Å². The molecule has 0 aliphatic heterocycles. The van der Waals surface area contributed by atoms with Gasteiger partial charge in [-0.25, -0.2) is 0 Å². The van der Waals surface area contributed by atoms with Crippen molar-refractivity contribution in [3.63, 3.8) is 0 Å². The minimum atomic E-state index is -0.572. The van der Waals surface area contributed by atoms with E-state index in [0.717, 1.165) is 24.1 Å². The summed E-state index contributed by atoms with van der Waals surface area (Å²) in [4.78, 5) is 0.